The summed E-state index contributed by atoms with van der Waals surface area (Å²) in [6, 6.07) is 3.74. The molecule has 3 unspecified atom stereocenters. The topological polar surface area (TPSA) is 48.7 Å². The smallest absolute Gasteiger partial charge is 0.145 e. The maximum atomic E-state index is 9.73. The van der Waals surface area contributed by atoms with E-state index in [1.54, 1.807) is 23.6 Å². The minimum absolute atomic E-state index is 0.0721. The zero-order valence-electron chi connectivity index (χ0n) is 7.92. The zero-order valence-corrected chi connectivity index (χ0v) is 8.67. The second-order valence-corrected chi connectivity index (χ2v) is 4.62. The standard InChI is InChI=1S/C10H10ClN3O/c11-10-5-8(15)14(13-6-10)9(10)7-1-3-12-4-2-7/h1-4,6,8-9,15H,5H2. The lowest BCUT2D eigenvalue weighted by molar-refractivity contribution is 0.0206. The molecule has 5 heteroatoms. The van der Waals surface area contributed by atoms with Crippen LogP contribution in [0.2, 0.25) is 0 Å². The monoisotopic (exact) mass is 223 g/mol. The van der Waals surface area contributed by atoms with Gasteiger partial charge < -0.3 is 5.11 Å². The molecule has 2 bridgehead atoms. The van der Waals surface area contributed by atoms with Gasteiger partial charge in [0.2, 0.25) is 0 Å². The number of alkyl halides is 1. The quantitative estimate of drug-likeness (QED) is 0.726. The molecule has 0 amide bonds. The van der Waals surface area contributed by atoms with Crippen LogP contribution in [-0.4, -0.2) is 32.4 Å². The molecule has 15 heavy (non-hydrogen) atoms. The third-order valence-corrected chi connectivity index (χ3v) is 3.41. The lowest BCUT2D eigenvalue weighted by Crippen LogP contribution is -2.25. The predicted molar refractivity (Wildman–Crippen MR) is 56.5 cm³/mol. The highest BCUT2D eigenvalue weighted by atomic mass is 35.5. The van der Waals surface area contributed by atoms with Crippen molar-refractivity contribution >= 4 is 17.8 Å². The van der Waals surface area contributed by atoms with Gasteiger partial charge in [0.1, 0.15) is 11.1 Å². The van der Waals surface area contributed by atoms with Crippen molar-refractivity contribution in [3.63, 3.8) is 0 Å². The first kappa shape index (κ1) is 9.12. The van der Waals surface area contributed by atoms with E-state index >= 15 is 0 Å². The van der Waals surface area contributed by atoms with Crippen LogP contribution in [0.3, 0.4) is 0 Å². The second-order valence-electron chi connectivity index (χ2n) is 3.92. The van der Waals surface area contributed by atoms with Crippen LogP contribution >= 0.6 is 11.6 Å². The average Bonchev–Trinajstić information content (AvgIpc) is 2.68. The molecule has 4 nitrogen and oxygen atoms in total. The highest BCUT2D eigenvalue weighted by Gasteiger charge is 2.54. The van der Waals surface area contributed by atoms with Gasteiger partial charge >= 0.3 is 0 Å². The van der Waals surface area contributed by atoms with Gasteiger partial charge in [0.15, 0.2) is 0 Å². The van der Waals surface area contributed by atoms with Crippen molar-refractivity contribution < 1.29 is 5.11 Å². The van der Waals surface area contributed by atoms with E-state index < -0.39 is 11.1 Å². The molecule has 3 atom stereocenters. The van der Waals surface area contributed by atoms with Gasteiger partial charge in [-0.3, -0.25) is 9.99 Å². The van der Waals surface area contributed by atoms with Gasteiger partial charge in [-0.05, 0) is 17.7 Å². The van der Waals surface area contributed by atoms with Crippen molar-refractivity contribution in [2.75, 3.05) is 0 Å². The van der Waals surface area contributed by atoms with E-state index in [2.05, 4.69) is 10.1 Å². The molecule has 0 aromatic carbocycles. The first-order chi connectivity index (χ1) is 7.21. The number of hydrogen-bond donors (Lipinski definition) is 1. The molecule has 1 saturated heterocycles. The normalized spacial score (nSPS) is 37.6. The Hall–Kier alpha value is -1.13. The van der Waals surface area contributed by atoms with Crippen molar-refractivity contribution in [1.82, 2.24) is 9.99 Å². The van der Waals surface area contributed by atoms with Crippen molar-refractivity contribution in [1.29, 1.82) is 0 Å². The van der Waals surface area contributed by atoms with Crippen LogP contribution < -0.4 is 0 Å². The Morgan fingerprint density at radius 3 is 2.73 bits per heavy atom. The van der Waals surface area contributed by atoms with Crippen molar-refractivity contribution in [3.05, 3.63) is 30.1 Å². The van der Waals surface area contributed by atoms with Crippen LogP contribution in [0.15, 0.2) is 29.6 Å². The highest BCUT2D eigenvalue weighted by Crippen LogP contribution is 2.50. The molecule has 2 aliphatic heterocycles. The summed E-state index contributed by atoms with van der Waals surface area (Å²) in [5.74, 6) is 0. The Kier molecular flexibility index (Phi) is 1.78. The van der Waals surface area contributed by atoms with Crippen LogP contribution in [0.4, 0.5) is 0 Å². The molecule has 78 valence electrons. The highest BCUT2D eigenvalue weighted by molar-refractivity contribution is 6.33. The molecule has 1 N–H and O–H groups in total. The number of pyridine rings is 1. The van der Waals surface area contributed by atoms with Gasteiger partial charge in [-0.1, -0.05) is 0 Å². The summed E-state index contributed by atoms with van der Waals surface area (Å²) >= 11 is 6.42. The van der Waals surface area contributed by atoms with E-state index in [9.17, 15) is 5.11 Å². The Morgan fingerprint density at radius 2 is 2.20 bits per heavy atom. The lowest BCUT2D eigenvalue weighted by Gasteiger charge is -2.22. The number of aromatic nitrogens is 1. The number of hydrogen-bond acceptors (Lipinski definition) is 4. The van der Waals surface area contributed by atoms with Gasteiger partial charge in [0.25, 0.3) is 0 Å². The molecule has 1 fully saturated rings. The van der Waals surface area contributed by atoms with Crippen molar-refractivity contribution in [3.8, 4) is 0 Å². The maximum Gasteiger partial charge on any atom is 0.145 e. The Balaban J connectivity index is 2.03. The predicted octanol–water partition coefficient (Wildman–Crippen LogP) is 1.12. The summed E-state index contributed by atoms with van der Waals surface area (Å²) in [5.41, 5.74) is 1.04. The molecule has 2 aliphatic rings. The lowest BCUT2D eigenvalue weighted by atomic mass is 9.95. The largest absolute Gasteiger partial charge is 0.372 e. The Bertz CT molecular complexity index is 410. The zero-order chi connectivity index (χ0) is 10.5. The van der Waals surface area contributed by atoms with E-state index in [-0.39, 0.29) is 6.04 Å². The van der Waals surface area contributed by atoms with Crippen molar-refractivity contribution in [2.45, 2.75) is 23.6 Å². The summed E-state index contributed by atoms with van der Waals surface area (Å²) in [4.78, 5) is 3.40. The number of hydrazone groups is 1. The molecule has 1 aromatic heterocycles. The summed E-state index contributed by atoms with van der Waals surface area (Å²) in [5, 5.41) is 15.5. The molecule has 0 spiro atoms. The Morgan fingerprint density at radius 1 is 1.47 bits per heavy atom. The van der Waals surface area contributed by atoms with Gasteiger partial charge in [-0.15, -0.1) is 11.6 Å². The minimum atomic E-state index is -0.578. The number of fused-ring (bicyclic) bond motifs is 2. The fourth-order valence-corrected chi connectivity index (χ4v) is 2.69. The van der Waals surface area contributed by atoms with Crippen LogP contribution in [0.1, 0.15) is 18.0 Å². The fraction of sp³-hybridized carbons (Fsp3) is 0.400. The van der Waals surface area contributed by atoms with Crippen LogP contribution in [-0.2, 0) is 0 Å². The van der Waals surface area contributed by atoms with E-state index in [4.69, 9.17) is 11.6 Å². The minimum Gasteiger partial charge on any atom is -0.372 e. The van der Waals surface area contributed by atoms with E-state index in [1.165, 1.54) is 0 Å². The van der Waals surface area contributed by atoms with Gasteiger partial charge in [0, 0.05) is 25.0 Å². The molecule has 0 aliphatic carbocycles. The van der Waals surface area contributed by atoms with Crippen LogP contribution in [0, 0.1) is 0 Å². The van der Waals surface area contributed by atoms with Crippen LogP contribution in [0.25, 0.3) is 0 Å². The van der Waals surface area contributed by atoms with E-state index in [0.717, 1.165) is 5.56 Å². The number of halogens is 1. The van der Waals surface area contributed by atoms with Crippen LogP contribution in [0.5, 0.6) is 0 Å². The van der Waals surface area contributed by atoms with E-state index in [1.807, 2.05) is 12.1 Å². The number of aliphatic hydroxyl groups excluding tert-OH is 1. The molecule has 3 heterocycles. The SMILES string of the molecule is OC1CC2(Cl)C=NN1C2c1ccncc1. The van der Waals surface area contributed by atoms with E-state index in [0.29, 0.717) is 6.42 Å². The molecular weight excluding hydrogens is 214 g/mol. The summed E-state index contributed by atoms with van der Waals surface area (Å²) in [6.07, 6.45) is 5.10. The molecule has 0 saturated carbocycles. The summed E-state index contributed by atoms with van der Waals surface area (Å²) < 4.78 is 0. The van der Waals surface area contributed by atoms with Gasteiger partial charge in [-0.25, -0.2) is 0 Å². The number of rotatable bonds is 1. The Labute approximate surface area is 92.2 Å². The first-order valence-corrected chi connectivity index (χ1v) is 5.19. The molecular formula is C10H10ClN3O. The third kappa shape index (κ3) is 1.18. The summed E-state index contributed by atoms with van der Waals surface area (Å²) in [6.45, 7) is 0. The molecule has 1 aromatic rings. The van der Waals surface area contributed by atoms with Gasteiger partial charge in [-0.2, -0.15) is 5.10 Å². The molecule has 3 rings (SSSR count). The summed E-state index contributed by atoms with van der Waals surface area (Å²) in [7, 11) is 0. The average molecular weight is 224 g/mol. The molecule has 0 radical (unpaired) electrons. The third-order valence-electron chi connectivity index (χ3n) is 2.95. The fourth-order valence-electron chi connectivity index (χ4n) is 2.28. The van der Waals surface area contributed by atoms with Gasteiger partial charge in [0.05, 0.1) is 6.04 Å². The first-order valence-electron chi connectivity index (χ1n) is 4.81. The number of aliphatic hydroxyl groups is 1. The number of nitrogens with zero attached hydrogens (tertiary/aromatic N) is 3. The van der Waals surface area contributed by atoms with Crippen molar-refractivity contribution in [2.24, 2.45) is 5.10 Å². The second kappa shape index (κ2) is 2.93. The maximum absolute atomic E-state index is 9.73.